The van der Waals surface area contributed by atoms with E-state index in [0.29, 0.717) is 18.7 Å². The van der Waals surface area contributed by atoms with Crippen LogP contribution >= 0.6 is 0 Å². The van der Waals surface area contributed by atoms with Crippen molar-refractivity contribution in [2.75, 3.05) is 17.7 Å². The number of ether oxygens (including phenoxy) is 1. The van der Waals surface area contributed by atoms with Gasteiger partial charge in [0.05, 0.1) is 12.0 Å². The molecule has 1 fully saturated rings. The number of hydrogen-bond donors (Lipinski definition) is 2. The number of hydrogen-bond acceptors (Lipinski definition) is 3. The molecule has 2 atom stereocenters. The topological polar surface area (TPSA) is 64.3 Å². The Kier molecular flexibility index (Phi) is 3.28. The lowest BCUT2D eigenvalue weighted by Crippen LogP contribution is -2.27. The Hall–Kier alpha value is -1.62. The summed E-state index contributed by atoms with van der Waals surface area (Å²) in [6.07, 6.45) is 0.596. The summed E-state index contributed by atoms with van der Waals surface area (Å²) in [6.45, 7) is 2.45. The molecule has 2 unspecified atom stereocenters. The van der Waals surface area contributed by atoms with E-state index in [1.54, 1.807) is 0 Å². The molecular formula is C12H15FN2O2. The van der Waals surface area contributed by atoms with Crippen LogP contribution in [0.5, 0.6) is 0 Å². The first-order chi connectivity index (χ1) is 8.06. The largest absolute Gasteiger partial charge is 0.399 e. The van der Waals surface area contributed by atoms with Gasteiger partial charge in [0.15, 0.2) is 0 Å². The van der Waals surface area contributed by atoms with E-state index < -0.39 is 5.82 Å². The molecule has 1 heterocycles. The highest BCUT2D eigenvalue weighted by Crippen LogP contribution is 2.23. The Morgan fingerprint density at radius 1 is 1.53 bits per heavy atom. The van der Waals surface area contributed by atoms with Gasteiger partial charge in [-0.2, -0.15) is 0 Å². The summed E-state index contributed by atoms with van der Waals surface area (Å²) in [4.78, 5) is 11.9. The van der Waals surface area contributed by atoms with Gasteiger partial charge < -0.3 is 15.8 Å². The van der Waals surface area contributed by atoms with Crippen LogP contribution in [0, 0.1) is 11.7 Å². The molecule has 17 heavy (non-hydrogen) atoms. The van der Waals surface area contributed by atoms with Crippen LogP contribution in [0.25, 0.3) is 0 Å². The summed E-state index contributed by atoms with van der Waals surface area (Å²) in [7, 11) is 0. The number of halogens is 1. The molecule has 1 aliphatic rings. The van der Waals surface area contributed by atoms with Gasteiger partial charge in [-0.1, -0.05) is 0 Å². The van der Waals surface area contributed by atoms with Gasteiger partial charge in [0.25, 0.3) is 0 Å². The fraction of sp³-hybridized carbons (Fsp3) is 0.417. The molecule has 2 rings (SSSR count). The highest BCUT2D eigenvalue weighted by Gasteiger charge is 2.30. The smallest absolute Gasteiger partial charge is 0.230 e. The molecule has 92 valence electrons. The number of nitrogens with one attached hydrogen (secondary N) is 1. The quantitative estimate of drug-likeness (QED) is 0.772. The maximum atomic E-state index is 13.1. The van der Waals surface area contributed by atoms with E-state index in [-0.39, 0.29) is 23.6 Å². The Morgan fingerprint density at radius 3 is 2.88 bits per heavy atom. The van der Waals surface area contributed by atoms with E-state index in [4.69, 9.17) is 10.5 Å². The van der Waals surface area contributed by atoms with E-state index in [2.05, 4.69) is 5.32 Å². The van der Waals surface area contributed by atoms with Crippen molar-refractivity contribution < 1.29 is 13.9 Å². The van der Waals surface area contributed by atoms with Crippen molar-refractivity contribution >= 4 is 17.3 Å². The Labute approximate surface area is 98.9 Å². The lowest BCUT2D eigenvalue weighted by atomic mass is 10.0. The lowest BCUT2D eigenvalue weighted by molar-refractivity contribution is -0.121. The van der Waals surface area contributed by atoms with Crippen LogP contribution in [-0.4, -0.2) is 18.6 Å². The number of anilines is 2. The van der Waals surface area contributed by atoms with E-state index in [9.17, 15) is 9.18 Å². The minimum atomic E-state index is -0.462. The average molecular weight is 238 g/mol. The molecule has 0 spiro atoms. The van der Waals surface area contributed by atoms with Gasteiger partial charge in [0.2, 0.25) is 5.91 Å². The first kappa shape index (κ1) is 11.9. The number of nitrogen functional groups attached to an aromatic ring is 1. The highest BCUT2D eigenvalue weighted by molar-refractivity contribution is 5.93. The highest BCUT2D eigenvalue weighted by atomic mass is 19.1. The van der Waals surface area contributed by atoms with Crippen LogP contribution in [-0.2, 0) is 9.53 Å². The monoisotopic (exact) mass is 238 g/mol. The third-order valence-corrected chi connectivity index (χ3v) is 2.90. The van der Waals surface area contributed by atoms with Crippen molar-refractivity contribution in [3.63, 3.8) is 0 Å². The third kappa shape index (κ3) is 2.74. The Bertz CT molecular complexity index is 416. The number of nitrogens with two attached hydrogens (primary N) is 1. The molecule has 0 bridgehead atoms. The van der Waals surface area contributed by atoms with Crippen LogP contribution in [0.2, 0.25) is 0 Å². The summed E-state index contributed by atoms with van der Waals surface area (Å²) < 4.78 is 18.4. The van der Waals surface area contributed by atoms with Gasteiger partial charge in [-0.25, -0.2) is 4.39 Å². The normalized spacial score (nSPS) is 23.6. The van der Waals surface area contributed by atoms with Crippen LogP contribution < -0.4 is 11.1 Å². The molecule has 3 N–H and O–H groups in total. The minimum absolute atomic E-state index is 0.0964. The van der Waals surface area contributed by atoms with Gasteiger partial charge in [-0.05, 0) is 31.5 Å². The van der Waals surface area contributed by atoms with Crippen molar-refractivity contribution in [2.45, 2.75) is 19.4 Å². The third-order valence-electron chi connectivity index (χ3n) is 2.90. The first-order valence-electron chi connectivity index (χ1n) is 5.55. The van der Waals surface area contributed by atoms with Gasteiger partial charge in [-0.3, -0.25) is 4.79 Å². The second-order valence-corrected chi connectivity index (χ2v) is 4.23. The molecular weight excluding hydrogens is 223 g/mol. The molecule has 5 heteroatoms. The number of rotatable bonds is 2. The standard InChI is InChI=1S/C12H15FN2O2/c1-7-11(2-3-17-7)12(16)15-10-5-8(13)4-9(14)6-10/h4-7,11H,2-3,14H2,1H3,(H,15,16). The summed E-state index contributed by atoms with van der Waals surface area (Å²) in [6, 6.07) is 3.98. The van der Waals surface area contributed by atoms with E-state index in [0.717, 1.165) is 0 Å². The molecule has 1 aromatic rings. The molecule has 1 aromatic carbocycles. The van der Waals surface area contributed by atoms with Crippen LogP contribution in [0.1, 0.15) is 13.3 Å². The SMILES string of the molecule is CC1OCCC1C(=O)Nc1cc(N)cc(F)c1. The second-order valence-electron chi connectivity index (χ2n) is 4.23. The average Bonchev–Trinajstić information content (AvgIpc) is 2.62. The molecule has 1 saturated heterocycles. The zero-order chi connectivity index (χ0) is 12.4. The molecule has 1 aliphatic heterocycles. The Balaban J connectivity index is 2.07. The first-order valence-corrected chi connectivity index (χ1v) is 5.55. The van der Waals surface area contributed by atoms with E-state index in [1.165, 1.54) is 18.2 Å². The number of carbonyl (C=O) groups excluding carboxylic acids is 1. The van der Waals surface area contributed by atoms with Crippen LogP contribution in [0.4, 0.5) is 15.8 Å². The van der Waals surface area contributed by atoms with Crippen LogP contribution in [0.15, 0.2) is 18.2 Å². The van der Waals surface area contributed by atoms with E-state index >= 15 is 0 Å². The zero-order valence-electron chi connectivity index (χ0n) is 9.57. The van der Waals surface area contributed by atoms with Gasteiger partial charge in [0, 0.05) is 18.0 Å². The van der Waals surface area contributed by atoms with Crippen molar-refractivity contribution in [1.82, 2.24) is 0 Å². The van der Waals surface area contributed by atoms with Gasteiger partial charge in [-0.15, -0.1) is 0 Å². The fourth-order valence-corrected chi connectivity index (χ4v) is 2.00. The number of benzene rings is 1. The van der Waals surface area contributed by atoms with Gasteiger partial charge in [0.1, 0.15) is 5.82 Å². The summed E-state index contributed by atoms with van der Waals surface area (Å²) in [5.74, 6) is -0.796. The maximum absolute atomic E-state index is 13.1. The molecule has 0 aromatic heterocycles. The van der Waals surface area contributed by atoms with Crippen molar-refractivity contribution in [2.24, 2.45) is 5.92 Å². The van der Waals surface area contributed by atoms with Crippen molar-refractivity contribution in [3.8, 4) is 0 Å². The predicted octanol–water partition coefficient (Wildman–Crippen LogP) is 1.77. The summed E-state index contributed by atoms with van der Waals surface area (Å²) >= 11 is 0. The summed E-state index contributed by atoms with van der Waals surface area (Å²) in [5.41, 5.74) is 6.17. The second kappa shape index (κ2) is 4.71. The van der Waals surface area contributed by atoms with Crippen molar-refractivity contribution in [1.29, 1.82) is 0 Å². The summed E-state index contributed by atoms with van der Waals surface area (Å²) in [5, 5.41) is 2.66. The fourth-order valence-electron chi connectivity index (χ4n) is 2.00. The van der Waals surface area contributed by atoms with Crippen LogP contribution in [0.3, 0.4) is 0 Å². The number of carbonyl (C=O) groups is 1. The Morgan fingerprint density at radius 2 is 2.29 bits per heavy atom. The van der Waals surface area contributed by atoms with Crippen molar-refractivity contribution in [3.05, 3.63) is 24.0 Å². The molecule has 0 radical (unpaired) electrons. The molecule has 0 aliphatic carbocycles. The molecule has 4 nitrogen and oxygen atoms in total. The lowest BCUT2D eigenvalue weighted by Gasteiger charge is -2.14. The molecule has 0 saturated carbocycles. The van der Waals surface area contributed by atoms with E-state index in [1.807, 2.05) is 6.92 Å². The minimum Gasteiger partial charge on any atom is -0.399 e. The van der Waals surface area contributed by atoms with Gasteiger partial charge >= 0.3 is 0 Å². The maximum Gasteiger partial charge on any atom is 0.230 e. The molecule has 1 amide bonds. The predicted molar refractivity (Wildman–Crippen MR) is 63.0 cm³/mol. The zero-order valence-corrected chi connectivity index (χ0v) is 9.57. The number of amides is 1.